The fraction of sp³-hybridized carbons (Fsp3) is 0.308. The summed E-state index contributed by atoms with van der Waals surface area (Å²) in [7, 11) is 1.41. The minimum atomic E-state index is -0.190. The number of carbonyl (C=O) groups excluding carboxylic acids is 1. The Morgan fingerprint density at radius 1 is 1.38 bits per heavy atom. The molecule has 0 amide bonds. The Morgan fingerprint density at radius 2 is 2.12 bits per heavy atom. The smallest absolute Gasteiger partial charge is 0.305 e. The summed E-state index contributed by atoms with van der Waals surface area (Å²) in [6, 6.07) is 7.86. The van der Waals surface area contributed by atoms with Crippen LogP contribution in [0.4, 0.5) is 0 Å². The summed E-state index contributed by atoms with van der Waals surface area (Å²) < 4.78 is 10.2. The predicted octanol–water partition coefficient (Wildman–Crippen LogP) is 2.85. The van der Waals surface area contributed by atoms with Crippen molar-refractivity contribution in [2.24, 2.45) is 0 Å². The summed E-state index contributed by atoms with van der Waals surface area (Å²) in [6.07, 6.45) is 1.05. The first kappa shape index (κ1) is 10.7. The number of carbonyl (C=O) groups is 1. The molecule has 1 heterocycles. The molecular weight excluding hydrogens is 204 g/mol. The number of aryl methyl sites for hydroxylation is 2. The lowest BCUT2D eigenvalue weighted by molar-refractivity contribution is -0.140. The average molecular weight is 218 g/mol. The van der Waals surface area contributed by atoms with Crippen molar-refractivity contribution in [3.8, 4) is 0 Å². The number of fused-ring (bicyclic) bond motifs is 1. The van der Waals surface area contributed by atoms with Gasteiger partial charge in [-0.1, -0.05) is 18.2 Å². The van der Waals surface area contributed by atoms with Crippen LogP contribution in [-0.2, 0) is 16.0 Å². The number of hydrogen-bond donors (Lipinski definition) is 0. The van der Waals surface area contributed by atoms with E-state index < -0.39 is 0 Å². The normalized spacial score (nSPS) is 10.6. The molecule has 84 valence electrons. The van der Waals surface area contributed by atoms with Crippen LogP contribution in [0.2, 0.25) is 0 Å². The van der Waals surface area contributed by atoms with E-state index >= 15 is 0 Å². The third kappa shape index (κ3) is 1.94. The molecule has 0 aliphatic rings. The number of esters is 1. The fourth-order valence-corrected chi connectivity index (χ4v) is 1.86. The zero-order valence-corrected chi connectivity index (χ0v) is 9.45. The van der Waals surface area contributed by atoms with E-state index in [0.717, 1.165) is 22.3 Å². The highest BCUT2D eigenvalue weighted by Gasteiger charge is 2.11. The lowest BCUT2D eigenvalue weighted by Crippen LogP contribution is -2.02. The molecule has 0 saturated heterocycles. The summed E-state index contributed by atoms with van der Waals surface area (Å²) >= 11 is 0. The van der Waals surface area contributed by atoms with Crippen molar-refractivity contribution in [1.82, 2.24) is 0 Å². The molecular formula is C13H14O3. The number of benzene rings is 1. The number of hydrogen-bond acceptors (Lipinski definition) is 3. The lowest BCUT2D eigenvalue weighted by atomic mass is 10.1. The van der Waals surface area contributed by atoms with Crippen LogP contribution in [-0.4, -0.2) is 13.1 Å². The Labute approximate surface area is 94.0 Å². The van der Waals surface area contributed by atoms with E-state index in [-0.39, 0.29) is 5.97 Å². The van der Waals surface area contributed by atoms with Gasteiger partial charge in [-0.15, -0.1) is 0 Å². The minimum Gasteiger partial charge on any atom is -0.469 e. The number of ether oxygens (including phenoxy) is 1. The van der Waals surface area contributed by atoms with Crippen LogP contribution in [0.15, 0.2) is 28.7 Å². The molecule has 0 bridgehead atoms. The highest BCUT2D eigenvalue weighted by atomic mass is 16.5. The van der Waals surface area contributed by atoms with Gasteiger partial charge in [0, 0.05) is 17.4 Å². The van der Waals surface area contributed by atoms with Crippen LogP contribution in [0.1, 0.15) is 17.7 Å². The molecule has 0 atom stereocenters. The second-order valence-electron chi connectivity index (χ2n) is 3.71. The number of methoxy groups -OCH3 is 1. The van der Waals surface area contributed by atoms with Gasteiger partial charge in [0.15, 0.2) is 0 Å². The molecule has 0 unspecified atom stereocenters. The Balaban J connectivity index is 2.29. The summed E-state index contributed by atoms with van der Waals surface area (Å²) in [5, 5.41) is 1.09. The van der Waals surface area contributed by atoms with Crippen LogP contribution in [0.5, 0.6) is 0 Å². The highest BCUT2D eigenvalue weighted by Crippen LogP contribution is 2.26. The van der Waals surface area contributed by atoms with E-state index in [0.29, 0.717) is 12.8 Å². The van der Waals surface area contributed by atoms with Gasteiger partial charge in [-0.2, -0.15) is 0 Å². The SMILES string of the molecule is COC(=O)CCc1c(C)oc2ccccc12. The fourth-order valence-electron chi connectivity index (χ4n) is 1.86. The number of rotatable bonds is 3. The van der Waals surface area contributed by atoms with Crippen molar-refractivity contribution >= 4 is 16.9 Å². The Bertz CT molecular complexity index is 511. The zero-order valence-electron chi connectivity index (χ0n) is 9.45. The van der Waals surface area contributed by atoms with Crippen LogP contribution in [0.25, 0.3) is 11.0 Å². The summed E-state index contributed by atoms with van der Waals surface area (Å²) in [5.41, 5.74) is 1.97. The van der Waals surface area contributed by atoms with E-state index in [1.54, 1.807) is 0 Å². The van der Waals surface area contributed by atoms with E-state index in [4.69, 9.17) is 4.42 Å². The van der Waals surface area contributed by atoms with Crippen LogP contribution >= 0.6 is 0 Å². The molecule has 3 nitrogen and oxygen atoms in total. The first-order valence-corrected chi connectivity index (χ1v) is 5.26. The van der Waals surface area contributed by atoms with Crippen LogP contribution in [0, 0.1) is 6.92 Å². The van der Waals surface area contributed by atoms with Crippen molar-refractivity contribution in [1.29, 1.82) is 0 Å². The van der Waals surface area contributed by atoms with E-state index in [1.807, 2.05) is 31.2 Å². The second-order valence-corrected chi connectivity index (χ2v) is 3.71. The summed E-state index contributed by atoms with van der Waals surface area (Å²) in [5.74, 6) is 0.690. The molecule has 0 spiro atoms. The molecule has 16 heavy (non-hydrogen) atoms. The zero-order chi connectivity index (χ0) is 11.5. The van der Waals surface area contributed by atoms with Gasteiger partial charge in [-0.25, -0.2) is 0 Å². The van der Waals surface area contributed by atoms with Crippen LogP contribution < -0.4 is 0 Å². The maximum atomic E-state index is 11.1. The maximum Gasteiger partial charge on any atom is 0.305 e. The predicted molar refractivity (Wildman–Crippen MR) is 61.3 cm³/mol. The summed E-state index contributed by atoms with van der Waals surface area (Å²) in [4.78, 5) is 11.1. The number of furan rings is 1. The van der Waals surface area contributed by atoms with Gasteiger partial charge in [0.2, 0.25) is 0 Å². The minimum absolute atomic E-state index is 0.190. The Hall–Kier alpha value is -1.77. The van der Waals surface area contributed by atoms with Crippen molar-refractivity contribution in [3.05, 3.63) is 35.6 Å². The van der Waals surface area contributed by atoms with Crippen molar-refractivity contribution in [2.45, 2.75) is 19.8 Å². The third-order valence-electron chi connectivity index (χ3n) is 2.71. The lowest BCUT2D eigenvalue weighted by Gasteiger charge is -1.99. The quantitative estimate of drug-likeness (QED) is 0.743. The molecule has 0 saturated carbocycles. The third-order valence-corrected chi connectivity index (χ3v) is 2.71. The first-order chi connectivity index (χ1) is 7.72. The largest absolute Gasteiger partial charge is 0.469 e. The molecule has 0 radical (unpaired) electrons. The Kier molecular flexibility index (Phi) is 2.95. The first-order valence-electron chi connectivity index (χ1n) is 5.26. The standard InChI is InChI=1S/C13H14O3/c1-9-10(7-8-13(14)15-2)11-5-3-4-6-12(11)16-9/h3-6H,7-8H2,1-2H3. The van der Waals surface area contributed by atoms with E-state index in [2.05, 4.69) is 4.74 Å². The average Bonchev–Trinajstić information content (AvgIpc) is 2.62. The van der Waals surface area contributed by atoms with Gasteiger partial charge in [-0.05, 0) is 19.4 Å². The molecule has 2 aromatic rings. The maximum absolute atomic E-state index is 11.1. The van der Waals surface area contributed by atoms with Crippen molar-refractivity contribution in [2.75, 3.05) is 7.11 Å². The monoisotopic (exact) mass is 218 g/mol. The molecule has 0 fully saturated rings. The van der Waals surface area contributed by atoms with Gasteiger partial charge in [0.1, 0.15) is 11.3 Å². The van der Waals surface area contributed by atoms with Crippen molar-refractivity contribution in [3.63, 3.8) is 0 Å². The second kappa shape index (κ2) is 4.39. The highest BCUT2D eigenvalue weighted by molar-refractivity contribution is 5.82. The molecule has 2 rings (SSSR count). The Morgan fingerprint density at radius 3 is 2.88 bits per heavy atom. The van der Waals surface area contributed by atoms with Gasteiger partial charge in [0.25, 0.3) is 0 Å². The topological polar surface area (TPSA) is 39.4 Å². The van der Waals surface area contributed by atoms with Crippen LogP contribution in [0.3, 0.4) is 0 Å². The molecule has 0 N–H and O–H groups in total. The summed E-state index contributed by atoms with van der Waals surface area (Å²) in [6.45, 7) is 1.92. The molecule has 0 aliphatic heterocycles. The van der Waals surface area contributed by atoms with E-state index in [9.17, 15) is 4.79 Å². The van der Waals surface area contributed by atoms with Gasteiger partial charge >= 0.3 is 5.97 Å². The number of para-hydroxylation sites is 1. The molecule has 0 aliphatic carbocycles. The van der Waals surface area contributed by atoms with Gasteiger partial charge in [0.05, 0.1) is 7.11 Å². The van der Waals surface area contributed by atoms with Gasteiger partial charge in [-0.3, -0.25) is 4.79 Å². The molecule has 1 aromatic heterocycles. The molecule has 3 heteroatoms. The van der Waals surface area contributed by atoms with Gasteiger partial charge < -0.3 is 9.15 Å². The van der Waals surface area contributed by atoms with Crippen molar-refractivity contribution < 1.29 is 13.9 Å². The molecule has 1 aromatic carbocycles. The van der Waals surface area contributed by atoms with E-state index in [1.165, 1.54) is 7.11 Å².